The van der Waals surface area contributed by atoms with Gasteiger partial charge in [0, 0.05) is 0 Å². The summed E-state index contributed by atoms with van der Waals surface area (Å²) in [6.07, 6.45) is 0. The van der Waals surface area contributed by atoms with Crippen LogP contribution < -0.4 is 4.90 Å². The molecule has 0 spiro atoms. The van der Waals surface area contributed by atoms with E-state index in [-0.39, 0.29) is 11.7 Å². The van der Waals surface area contributed by atoms with Gasteiger partial charge in [-0.2, -0.15) is 0 Å². The van der Waals surface area contributed by atoms with Gasteiger partial charge in [-0.3, -0.25) is 0 Å². The van der Waals surface area contributed by atoms with E-state index in [4.69, 9.17) is 19.4 Å². The van der Waals surface area contributed by atoms with Gasteiger partial charge in [0.15, 0.2) is 0 Å². The maximum absolute atomic E-state index is 10.8. The van der Waals surface area contributed by atoms with Crippen molar-refractivity contribution >= 4 is 35.4 Å². The Hall–Kier alpha value is -0.507. The molecule has 0 aromatic heterocycles. The van der Waals surface area contributed by atoms with E-state index in [2.05, 4.69) is 0 Å². The second kappa shape index (κ2) is 6.60. The number of non-ortho nitro benzene ring substituents is 1. The monoisotopic (exact) mass is 378 g/mol. The molecule has 0 heterocycles. The van der Waals surface area contributed by atoms with Crippen LogP contribution in [0.25, 0.3) is 0 Å². The van der Waals surface area contributed by atoms with E-state index in [0.29, 0.717) is 0 Å². The summed E-state index contributed by atoms with van der Waals surface area (Å²) in [5.41, 5.74) is 1.67. The predicted molar refractivity (Wildman–Crippen MR) is 73.5 cm³/mol. The zero-order valence-corrected chi connectivity index (χ0v) is 13.5. The molecule has 0 radical (unpaired) electrons. The zero-order valence-electron chi connectivity index (χ0n) is 10.2. The Morgan fingerprint density at radius 1 is 1.44 bits per heavy atom. The third kappa shape index (κ3) is 4.01. The van der Waals surface area contributed by atoms with Crippen molar-refractivity contribution < 1.29 is 18.4 Å². The van der Waals surface area contributed by atoms with Crippen molar-refractivity contribution in [2.75, 3.05) is 11.9 Å². The summed E-state index contributed by atoms with van der Waals surface area (Å²) in [5.74, 6) is 0. The average molecular weight is 378 g/mol. The molecule has 0 fully saturated rings. The molecule has 1 aromatic carbocycles. The fraction of sp³-hybridized carbons (Fsp3) is 0.364. The van der Waals surface area contributed by atoms with Crippen LogP contribution in [0.1, 0.15) is 19.4 Å². The third-order valence-corrected chi connectivity index (χ3v) is 4.40. The number of hydrogen-bond acceptors (Lipinski definition) is 3. The first kappa shape index (κ1) is 15.6. The number of nitrogens with zero attached hydrogens (tertiary/aromatic N) is 2. The van der Waals surface area contributed by atoms with Gasteiger partial charge in [0.1, 0.15) is 0 Å². The summed E-state index contributed by atoms with van der Waals surface area (Å²) in [6, 6.07) is 5.02. The predicted octanol–water partition coefficient (Wildman–Crippen LogP) is 3.52. The van der Waals surface area contributed by atoms with Crippen molar-refractivity contribution in [3.05, 3.63) is 33.9 Å². The topological polar surface area (TPSA) is 46.4 Å². The van der Waals surface area contributed by atoms with Gasteiger partial charge in [0.2, 0.25) is 0 Å². The molecule has 4 nitrogen and oxygen atoms in total. The van der Waals surface area contributed by atoms with E-state index in [1.54, 1.807) is 10.7 Å². The molecule has 0 bridgehead atoms. The van der Waals surface area contributed by atoms with E-state index in [1.165, 1.54) is 12.1 Å². The van der Waals surface area contributed by atoms with Crippen molar-refractivity contribution in [3.63, 3.8) is 0 Å². The second-order valence-electron chi connectivity index (χ2n) is 4.01. The molecule has 0 atom stereocenters. The summed E-state index contributed by atoms with van der Waals surface area (Å²) in [5, 5.41) is 10.8. The van der Waals surface area contributed by atoms with Crippen LogP contribution in [0.3, 0.4) is 0 Å². The molecule has 1 aromatic rings. The molecule has 7 heteroatoms. The fourth-order valence-corrected chi connectivity index (χ4v) is 3.21. The van der Waals surface area contributed by atoms with Crippen LogP contribution in [0, 0.1) is 10.1 Å². The Morgan fingerprint density at radius 3 is 2.50 bits per heavy atom. The number of nitro groups is 1. The number of hydrogen-bond donors (Lipinski definition) is 0. The fourth-order valence-electron chi connectivity index (χ4n) is 1.42. The molecular formula is C11H14Cl2N2O2Ru. The van der Waals surface area contributed by atoms with Gasteiger partial charge < -0.3 is 0 Å². The first-order valence-electron chi connectivity index (χ1n) is 5.17. The first-order chi connectivity index (χ1) is 8.32. The van der Waals surface area contributed by atoms with Crippen molar-refractivity contribution in [1.82, 2.24) is 0 Å². The van der Waals surface area contributed by atoms with Crippen molar-refractivity contribution in [3.8, 4) is 0 Å². The normalized spacial score (nSPS) is 11.3. The molecule has 18 heavy (non-hydrogen) atoms. The standard InChI is InChI=1S/C11H14N2O2.2ClH.Ru/c1-8(2)12(4)11-6-5-10(13(14)15)7-9(11)3;;;/h3,5-8H,1-2,4H3;2*1H;/q;;;+2/p-2. The summed E-state index contributed by atoms with van der Waals surface area (Å²) in [7, 11) is 13.7. The van der Waals surface area contributed by atoms with Crippen molar-refractivity contribution in [2.45, 2.75) is 19.9 Å². The SMILES string of the molecule is CC(C)N(C)c1ccc([N+](=O)[O-])cc1[CH]=[Ru]([Cl])[Cl]. The van der Waals surface area contributed by atoms with Gasteiger partial charge in [0.25, 0.3) is 0 Å². The number of rotatable bonds is 4. The van der Waals surface area contributed by atoms with Crippen molar-refractivity contribution in [2.24, 2.45) is 0 Å². The van der Waals surface area contributed by atoms with Crippen LogP contribution in [0.15, 0.2) is 18.2 Å². The van der Waals surface area contributed by atoms with E-state index in [1.807, 2.05) is 25.8 Å². The molecule has 0 N–H and O–H groups in total. The van der Waals surface area contributed by atoms with Crippen LogP contribution in [0.4, 0.5) is 11.4 Å². The summed E-state index contributed by atoms with van der Waals surface area (Å²) >= 11 is -2.02. The maximum atomic E-state index is 10.8. The van der Waals surface area contributed by atoms with Gasteiger partial charge in [-0.25, -0.2) is 0 Å². The quantitative estimate of drug-likeness (QED) is 0.458. The molecule has 0 aliphatic rings. The summed E-state index contributed by atoms with van der Waals surface area (Å²) in [6.45, 7) is 4.09. The van der Waals surface area contributed by atoms with Gasteiger partial charge in [-0.05, 0) is 0 Å². The number of anilines is 1. The van der Waals surface area contributed by atoms with Gasteiger partial charge in [-0.1, -0.05) is 0 Å². The molecule has 0 amide bonds. The number of nitro benzene ring substituents is 1. The molecule has 0 saturated heterocycles. The molecule has 1 rings (SSSR count). The summed E-state index contributed by atoms with van der Waals surface area (Å²) < 4.78 is 1.73. The van der Waals surface area contributed by atoms with Crippen LogP contribution in [0.2, 0.25) is 0 Å². The van der Waals surface area contributed by atoms with E-state index in [0.717, 1.165) is 11.3 Å². The van der Waals surface area contributed by atoms with E-state index < -0.39 is 18.4 Å². The Balaban J connectivity index is 3.34. The molecule has 0 saturated carbocycles. The van der Waals surface area contributed by atoms with Crippen LogP contribution in [0.5, 0.6) is 0 Å². The third-order valence-electron chi connectivity index (χ3n) is 2.56. The van der Waals surface area contributed by atoms with Crippen LogP contribution in [-0.2, 0) is 13.5 Å². The second-order valence-corrected chi connectivity index (χ2v) is 9.74. The van der Waals surface area contributed by atoms with E-state index in [9.17, 15) is 10.1 Å². The van der Waals surface area contributed by atoms with E-state index >= 15 is 0 Å². The number of benzene rings is 1. The Labute approximate surface area is 119 Å². The van der Waals surface area contributed by atoms with Crippen LogP contribution in [-0.4, -0.2) is 22.6 Å². The van der Waals surface area contributed by atoms with Gasteiger partial charge in [0.05, 0.1) is 0 Å². The van der Waals surface area contributed by atoms with Crippen molar-refractivity contribution in [1.29, 1.82) is 0 Å². The van der Waals surface area contributed by atoms with Crippen LogP contribution >= 0.6 is 19.4 Å². The number of halogens is 2. The Kier molecular flexibility index (Phi) is 5.70. The molecular weight excluding hydrogens is 364 g/mol. The first-order valence-corrected chi connectivity index (χ1v) is 10.7. The Morgan fingerprint density at radius 2 is 2.06 bits per heavy atom. The molecule has 0 unspecified atom stereocenters. The van der Waals surface area contributed by atoms with Gasteiger partial charge >= 0.3 is 120 Å². The molecule has 0 aliphatic carbocycles. The Bertz CT molecular complexity index is 488. The molecule has 0 aliphatic heterocycles. The molecule has 102 valence electrons. The van der Waals surface area contributed by atoms with Gasteiger partial charge in [-0.15, -0.1) is 0 Å². The minimum atomic E-state index is -2.02. The average Bonchev–Trinajstić information content (AvgIpc) is 2.26. The zero-order chi connectivity index (χ0) is 13.9. The minimum absolute atomic E-state index is 0.0471. The summed E-state index contributed by atoms with van der Waals surface area (Å²) in [4.78, 5) is 12.4.